The number of rotatable bonds is 4. The van der Waals surface area contributed by atoms with Crippen molar-refractivity contribution in [3.63, 3.8) is 0 Å². The maximum absolute atomic E-state index is 12.4. The lowest BCUT2D eigenvalue weighted by atomic mass is 10.1. The van der Waals surface area contributed by atoms with Gasteiger partial charge in [-0.25, -0.2) is 0 Å². The summed E-state index contributed by atoms with van der Waals surface area (Å²) in [7, 11) is 0. The fraction of sp³-hybridized carbons (Fsp3) is 0.429. The number of thioether (sulfide) groups is 1. The van der Waals surface area contributed by atoms with Gasteiger partial charge < -0.3 is 10.0 Å². The third-order valence-electron chi connectivity index (χ3n) is 3.37. The SMILES string of the molecule is CSc1ccccc1C(=O)N1CCC(CC(=O)O)C1. The molecule has 1 heterocycles. The lowest BCUT2D eigenvalue weighted by Gasteiger charge is -2.17. The van der Waals surface area contributed by atoms with E-state index >= 15 is 0 Å². The third-order valence-corrected chi connectivity index (χ3v) is 4.17. The Bertz CT molecular complexity index is 489. The van der Waals surface area contributed by atoms with Crippen LogP contribution in [-0.2, 0) is 4.79 Å². The number of amides is 1. The van der Waals surface area contributed by atoms with Crippen molar-refractivity contribution in [1.29, 1.82) is 0 Å². The Morgan fingerprint density at radius 2 is 2.16 bits per heavy atom. The maximum atomic E-state index is 12.4. The number of carboxylic acids is 1. The maximum Gasteiger partial charge on any atom is 0.303 e. The number of hydrogen-bond donors (Lipinski definition) is 1. The number of nitrogens with zero attached hydrogens (tertiary/aromatic N) is 1. The molecule has 0 bridgehead atoms. The van der Waals surface area contributed by atoms with E-state index in [0.29, 0.717) is 18.7 Å². The second kappa shape index (κ2) is 6.10. The topological polar surface area (TPSA) is 57.6 Å². The van der Waals surface area contributed by atoms with Crippen molar-refractivity contribution in [2.75, 3.05) is 19.3 Å². The molecule has 1 aliphatic heterocycles. The van der Waals surface area contributed by atoms with Crippen molar-refractivity contribution >= 4 is 23.6 Å². The molecule has 19 heavy (non-hydrogen) atoms. The summed E-state index contributed by atoms with van der Waals surface area (Å²) in [5.41, 5.74) is 0.714. The monoisotopic (exact) mass is 279 g/mol. The molecule has 1 unspecified atom stereocenters. The standard InChI is InChI=1S/C14H17NO3S/c1-19-12-5-3-2-4-11(12)14(18)15-7-6-10(9-15)8-13(16)17/h2-5,10H,6-9H2,1H3,(H,16,17). The van der Waals surface area contributed by atoms with Crippen LogP contribution in [0.3, 0.4) is 0 Å². The number of aliphatic carboxylic acids is 1. The first-order chi connectivity index (χ1) is 9.11. The van der Waals surface area contributed by atoms with Gasteiger partial charge >= 0.3 is 5.97 Å². The molecule has 0 aromatic heterocycles. The first-order valence-corrected chi connectivity index (χ1v) is 7.48. The van der Waals surface area contributed by atoms with Gasteiger partial charge in [0.05, 0.1) is 5.56 Å². The number of carboxylic acid groups (broad SMARTS) is 1. The zero-order chi connectivity index (χ0) is 13.8. The van der Waals surface area contributed by atoms with Crippen LogP contribution in [0.5, 0.6) is 0 Å². The predicted octanol–water partition coefficient (Wildman–Crippen LogP) is 2.35. The van der Waals surface area contributed by atoms with E-state index in [2.05, 4.69) is 0 Å². The zero-order valence-electron chi connectivity index (χ0n) is 10.8. The van der Waals surface area contributed by atoms with Crippen LogP contribution in [0.2, 0.25) is 0 Å². The van der Waals surface area contributed by atoms with Gasteiger partial charge in [0.1, 0.15) is 0 Å². The summed E-state index contributed by atoms with van der Waals surface area (Å²) in [6, 6.07) is 7.54. The van der Waals surface area contributed by atoms with Crippen molar-refractivity contribution in [3.8, 4) is 0 Å². The molecular weight excluding hydrogens is 262 g/mol. The molecular formula is C14H17NO3S. The number of carbonyl (C=O) groups is 2. The molecule has 0 radical (unpaired) electrons. The summed E-state index contributed by atoms with van der Waals surface area (Å²) in [4.78, 5) is 25.9. The Morgan fingerprint density at radius 1 is 1.42 bits per heavy atom. The molecule has 0 saturated carbocycles. The van der Waals surface area contributed by atoms with Gasteiger partial charge in [-0.05, 0) is 30.7 Å². The Labute approximate surface area is 116 Å². The summed E-state index contributed by atoms with van der Waals surface area (Å²) in [6.07, 6.45) is 2.87. The van der Waals surface area contributed by atoms with Crippen molar-refractivity contribution in [2.24, 2.45) is 5.92 Å². The summed E-state index contributed by atoms with van der Waals surface area (Å²) >= 11 is 1.55. The Morgan fingerprint density at radius 3 is 2.84 bits per heavy atom. The molecule has 0 spiro atoms. The van der Waals surface area contributed by atoms with Gasteiger partial charge in [0, 0.05) is 24.4 Å². The quantitative estimate of drug-likeness (QED) is 0.860. The number of hydrogen-bond acceptors (Lipinski definition) is 3. The second-order valence-electron chi connectivity index (χ2n) is 4.70. The van der Waals surface area contributed by atoms with E-state index in [9.17, 15) is 9.59 Å². The molecule has 1 aromatic rings. The highest BCUT2D eigenvalue weighted by Gasteiger charge is 2.29. The van der Waals surface area contributed by atoms with Gasteiger partial charge in [-0.2, -0.15) is 0 Å². The minimum atomic E-state index is -0.788. The van der Waals surface area contributed by atoms with Gasteiger partial charge in [-0.3, -0.25) is 9.59 Å². The predicted molar refractivity (Wildman–Crippen MR) is 74.5 cm³/mol. The van der Waals surface area contributed by atoms with Crippen LogP contribution in [0.15, 0.2) is 29.2 Å². The number of likely N-dealkylation sites (tertiary alicyclic amines) is 1. The van der Waals surface area contributed by atoms with Crippen molar-refractivity contribution < 1.29 is 14.7 Å². The minimum Gasteiger partial charge on any atom is -0.481 e. The average Bonchev–Trinajstić information content (AvgIpc) is 2.85. The molecule has 1 saturated heterocycles. The van der Waals surface area contributed by atoms with Crippen LogP contribution in [0.4, 0.5) is 0 Å². The number of carbonyl (C=O) groups excluding carboxylic acids is 1. The molecule has 1 atom stereocenters. The molecule has 2 rings (SSSR count). The van der Waals surface area contributed by atoms with Crippen LogP contribution in [-0.4, -0.2) is 41.2 Å². The zero-order valence-corrected chi connectivity index (χ0v) is 11.7. The number of benzene rings is 1. The second-order valence-corrected chi connectivity index (χ2v) is 5.55. The van der Waals surface area contributed by atoms with E-state index in [1.165, 1.54) is 0 Å². The van der Waals surface area contributed by atoms with Crippen LogP contribution < -0.4 is 0 Å². The van der Waals surface area contributed by atoms with Gasteiger partial charge in [-0.1, -0.05) is 12.1 Å². The molecule has 1 aromatic carbocycles. The van der Waals surface area contributed by atoms with E-state index in [4.69, 9.17) is 5.11 Å². The Balaban J connectivity index is 2.07. The van der Waals surface area contributed by atoms with Crippen LogP contribution >= 0.6 is 11.8 Å². The lowest BCUT2D eigenvalue weighted by Crippen LogP contribution is -2.29. The van der Waals surface area contributed by atoms with Crippen LogP contribution in [0.25, 0.3) is 0 Å². The smallest absolute Gasteiger partial charge is 0.303 e. The highest BCUT2D eigenvalue weighted by Crippen LogP contribution is 2.25. The minimum absolute atomic E-state index is 0.0119. The fourth-order valence-electron chi connectivity index (χ4n) is 2.42. The van der Waals surface area contributed by atoms with E-state index in [-0.39, 0.29) is 18.2 Å². The van der Waals surface area contributed by atoms with Gasteiger partial charge in [0.2, 0.25) is 0 Å². The molecule has 1 amide bonds. The van der Waals surface area contributed by atoms with E-state index in [1.54, 1.807) is 16.7 Å². The lowest BCUT2D eigenvalue weighted by molar-refractivity contribution is -0.138. The summed E-state index contributed by atoms with van der Waals surface area (Å²) < 4.78 is 0. The Kier molecular flexibility index (Phi) is 4.47. The average molecular weight is 279 g/mol. The van der Waals surface area contributed by atoms with E-state index in [0.717, 1.165) is 11.3 Å². The van der Waals surface area contributed by atoms with Crippen molar-refractivity contribution in [3.05, 3.63) is 29.8 Å². The van der Waals surface area contributed by atoms with Crippen LogP contribution in [0, 0.1) is 5.92 Å². The van der Waals surface area contributed by atoms with E-state index < -0.39 is 5.97 Å². The van der Waals surface area contributed by atoms with Gasteiger partial charge in [0.25, 0.3) is 5.91 Å². The Hall–Kier alpha value is -1.49. The largest absolute Gasteiger partial charge is 0.481 e. The summed E-state index contributed by atoms with van der Waals surface area (Å²) in [5.74, 6) is -0.690. The highest BCUT2D eigenvalue weighted by molar-refractivity contribution is 7.98. The highest BCUT2D eigenvalue weighted by atomic mass is 32.2. The molecule has 1 N–H and O–H groups in total. The first-order valence-electron chi connectivity index (χ1n) is 6.26. The van der Waals surface area contributed by atoms with Gasteiger partial charge in [-0.15, -0.1) is 11.8 Å². The van der Waals surface area contributed by atoms with Gasteiger partial charge in [0.15, 0.2) is 0 Å². The summed E-state index contributed by atoms with van der Waals surface area (Å²) in [5, 5.41) is 8.79. The fourth-order valence-corrected chi connectivity index (χ4v) is 3.01. The first kappa shape index (κ1) is 13.9. The van der Waals surface area contributed by atoms with Crippen molar-refractivity contribution in [1.82, 2.24) is 4.90 Å². The molecule has 1 fully saturated rings. The third kappa shape index (κ3) is 3.29. The molecule has 5 heteroatoms. The van der Waals surface area contributed by atoms with Crippen LogP contribution in [0.1, 0.15) is 23.2 Å². The molecule has 102 valence electrons. The normalized spacial score (nSPS) is 18.6. The molecule has 4 nitrogen and oxygen atoms in total. The summed E-state index contributed by atoms with van der Waals surface area (Å²) in [6.45, 7) is 1.20. The molecule has 0 aliphatic carbocycles. The van der Waals surface area contributed by atoms with E-state index in [1.807, 2.05) is 30.5 Å². The molecule has 1 aliphatic rings. The van der Waals surface area contributed by atoms with Crippen molar-refractivity contribution in [2.45, 2.75) is 17.7 Å².